The Kier molecular flexibility index (Phi) is 4.85. The van der Waals surface area contributed by atoms with E-state index < -0.39 is 12.1 Å². The van der Waals surface area contributed by atoms with Gasteiger partial charge in [-0.15, -0.1) is 0 Å². The zero-order chi connectivity index (χ0) is 21.5. The Morgan fingerprint density at radius 2 is 1.90 bits per heavy atom. The average Bonchev–Trinajstić information content (AvgIpc) is 3.47. The van der Waals surface area contributed by atoms with Crippen LogP contribution in [0, 0.1) is 0 Å². The molecule has 10 heteroatoms. The third-order valence-electron chi connectivity index (χ3n) is 5.31. The molecule has 1 fully saturated rings. The summed E-state index contributed by atoms with van der Waals surface area (Å²) in [5, 5.41) is 13.5. The number of aryl methyl sites for hydroxylation is 1. The van der Waals surface area contributed by atoms with Gasteiger partial charge in [0.1, 0.15) is 6.54 Å². The van der Waals surface area contributed by atoms with Crippen LogP contribution in [0.3, 0.4) is 0 Å². The number of hydrogen-bond donors (Lipinski definition) is 0. The molecule has 0 radical (unpaired) electrons. The monoisotopic (exact) mass is 480 g/mol. The first-order valence-electron chi connectivity index (χ1n) is 9.78. The molecule has 2 aromatic carbocycles. The number of halogens is 1. The zero-order valence-corrected chi connectivity index (χ0v) is 18.1. The number of carbonyl (C=O) groups excluding carboxylic acids is 2. The van der Waals surface area contributed by atoms with Crippen molar-refractivity contribution in [3.63, 3.8) is 0 Å². The van der Waals surface area contributed by atoms with Gasteiger partial charge in [-0.1, -0.05) is 57.5 Å². The molecule has 0 N–H and O–H groups in total. The van der Waals surface area contributed by atoms with Crippen molar-refractivity contribution in [2.24, 2.45) is 10.3 Å². The maximum absolute atomic E-state index is 13.1. The summed E-state index contributed by atoms with van der Waals surface area (Å²) < 4.78 is 6.24. The average molecular weight is 481 g/mol. The minimum absolute atomic E-state index is 0.0767. The summed E-state index contributed by atoms with van der Waals surface area (Å²) in [4.78, 5) is 31.5. The second-order valence-corrected chi connectivity index (χ2v) is 8.16. The zero-order valence-electron chi connectivity index (χ0n) is 16.5. The fourth-order valence-electron chi connectivity index (χ4n) is 3.69. The van der Waals surface area contributed by atoms with E-state index in [0.717, 1.165) is 22.0 Å². The van der Waals surface area contributed by atoms with Crippen LogP contribution in [0.15, 0.2) is 67.9 Å². The van der Waals surface area contributed by atoms with Crippen molar-refractivity contribution in [1.29, 1.82) is 0 Å². The van der Waals surface area contributed by atoms with Crippen LogP contribution >= 0.6 is 15.9 Å². The summed E-state index contributed by atoms with van der Waals surface area (Å²) in [6.45, 7) is 2.12. The quantitative estimate of drug-likeness (QED) is 0.517. The van der Waals surface area contributed by atoms with Gasteiger partial charge in [-0.3, -0.25) is 14.6 Å². The van der Waals surface area contributed by atoms with E-state index in [0.29, 0.717) is 11.5 Å². The van der Waals surface area contributed by atoms with Crippen molar-refractivity contribution in [2.45, 2.75) is 32.0 Å². The minimum Gasteiger partial charge on any atom is -0.337 e. The van der Waals surface area contributed by atoms with Crippen molar-refractivity contribution in [2.75, 3.05) is 4.90 Å². The van der Waals surface area contributed by atoms with Crippen molar-refractivity contribution >= 4 is 33.4 Å². The molecule has 3 heterocycles. The van der Waals surface area contributed by atoms with E-state index in [1.807, 2.05) is 43.3 Å². The normalized spacial score (nSPS) is 20.1. The van der Waals surface area contributed by atoms with Crippen LogP contribution in [0.1, 0.15) is 18.4 Å². The summed E-state index contributed by atoms with van der Waals surface area (Å²) in [5.41, 5.74) is 2.45. The molecular formula is C21H17BrN6O3. The number of rotatable bonds is 5. The molecule has 0 aliphatic carbocycles. The smallest absolute Gasteiger partial charge is 0.263 e. The van der Waals surface area contributed by atoms with Gasteiger partial charge in [-0.05, 0) is 36.2 Å². The Hall–Kier alpha value is -3.40. The maximum atomic E-state index is 13.1. The molecule has 1 aromatic heterocycles. The van der Waals surface area contributed by atoms with Crippen molar-refractivity contribution in [3.8, 4) is 11.4 Å². The molecule has 0 bridgehead atoms. The van der Waals surface area contributed by atoms with Gasteiger partial charge in [0.25, 0.3) is 11.8 Å². The van der Waals surface area contributed by atoms with Gasteiger partial charge in [0.05, 0.1) is 5.69 Å². The Labute approximate surface area is 185 Å². The van der Waals surface area contributed by atoms with Crippen LogP contribution in [-0.2, 0) is 22.6 Å². The van der Waals surface area contributed by atoms with Gasteiger partial charge in [0.2, 0.25) is 11.7 Å². The van der Waals surface area contributed by atoms with Crippen LogP contribution in [0.2, 0.25) is 0 Å². The topological polar surface area (TPSA) is 104 Å². The summed E-state index contributed by atoms with van der Waals surface area (Å²) in [6, 6.07) is 13.2. The van der Waals surface area contributed by atoms with Crippen molar-refractivity contribution < 1.29 is 14.1 Å². The SMILES string of the molecule is CCc1ccc(N2C(=O)[C@@H]3[C@@H](N=NN3Cc3nc(-c4cccc(Br)c4)no3)C2=O)cc1. The predicted octanol–water partition coefficient (Wildman–Crippen LogP) is 3.55. The lowest BCUT2D eigenvalue weighted by molar-refractivity contribution is -0.123. The number of hydrogen-bond acceptors (Lipinski definition) is 8. The van der Waals surface area contributed by atoms with Gasteiger partial charge >= 0.3 is 0 Å². The van der Waals surface area contributed by atoms with E-state index in [1.54, 1.807) is 12.1 Å². The molecule has 2 aliphatic rings. The predicted molar refractivity (Wildman–Crippen MR) is 114 cm³/mol. The molecule has 0 unspecified atom stereocenters. The summed E-state index contributed by atoms with van der Waals surface area (Å²) >= 11 is 3.42. The fourth-order valence-corrected chi connectivity index (χ4v) is 4.09. The molecule has 5 rings (SSSR count). The van der Waals surface area contributed by atoms with E-state index in [-0.39, 0.29) is 24.2 Å². The number of aromatic nitrogens is 2. The molecule has 3 aromatic rings. The molecule has 31 heavy (non-hydrogen) atoms. The van der Waals surface area contributed by atoms with E-state index in [4.69, 9.17) is 4.52 Å². The minimum atomic E-state index is -0.870. The largest absolute Gasteiger partial charge is 0.337 e. The molecule has 156 valence electrons. The highest BCUT2D eigenvalue weighted by Gasteiger charge is 2.55. The van der Waals surface area contributed by atoms with E-state index in [9.17, 15) is 9.59 Å². The van der Waals surface area contributed by atoms with Crippen LogP contribution in [-0.4, -0.2) is 39.0 Å². The highest BCUT2D eigenvalue weighted by Crippen LogP contribution is 2.33. The lowest BCUT2D eigenvalue weighted by Gasteiger charge is -2.19. The number of carbonyl (C=O) groups is 2. The number of imide groups is 1. The molecule has 2 amide bonds. The number of benzene rings is 2. The van der Waals surface area contributed by atoms with Crippen molar-refractivity contribution in [1.82, 2.24) is 15.1 Å². The fraction of sp³-hybridized carbons (Fsp3) is 0.238. The number of fused-ring (bicyclic) bond motifs is 1. The highest BCUT2D eigenvalue weighted by molar-refractivity contribution is 9.10. The second kappa shape index (κ2) is 7.69. The van der Waals surface area contributed by atoms with Gasteiger partial charge in [-0.2, -0.15) is 10.1 Å². The summed E-state index contributed by atoms with van der Waals surface area (Å²) in [7, 11) is 0. The molecule has 0 spiro atoms. The van der Waals surface area contributed by atoms with Gasteiger partial charge in [-0.25, -0.2) is 4.90 Å². The molecule has 1 saturated heterocycles. The Morgan fingerprint density at radius 3 is 2.65 bits per heavy atom. The van der Waals surface area contributed by atoms with Crippen LogP contribution in [0.5, 0.6) is 0 Å². The van der Waals surface area contributed by atoms with E-state index in [2.05, 4.69) is 36.4 Å². The second-order valence-electron chi connectivity index (χ2n) is 7.25. The van der Waals surface area contributed by atoms with Gasteiger partial charge in [0.15, 0.2) is 12.1 Å². The lowest BCUT2D eigenvalue weighted by Crippen LogP contribution is -2.39. The van der Waals surface area contributed by atoms with Gasteiger partial charge in [0, 0.05) is 10.0 Å². The Bertz CT molecular complexity index is 1190. The maximum Gasteiger partial charge on any atom is 0.263 e. The lowest BCUT2D eigenvalue weighted by atomic mass is 10.1. The number of anilines is 1. The number of nitrogens with zero attached hydrogens (tertiary/aromatic N) is 6. The highest BCUT2D eigenvalue weighted by atomic mass is 79.9. The van der Waals surface area contributed by atoms with E-state index in [1.165, 1.54) is 9.91 Å². The summed E-state index contributed by atoms with van der Waals surface area (Å²) in [5.74, 6) is -0.0437. The van der Waals surface area contributed by atoms with Crippen LogP contribution in [0.25, 0.3) is 11.4 Å². The molecule has 9 nitrogen and oxygen atoms in total. The first-order chi connectivity index (χ1) is 15.0. The van der Waals surface area contributed by atoms with Crippen molar-refractivity contribution in [3.05, 3.63) is 64.5 Å². The molecule has 2 aliphatic heterocycles. The Balaban J connectivity index is 1.35. The molecule has 0 saturated carbocycles. The van der Waals surface area contributed by atoms with E-state index >= 15 is 0 Å². The summed E-state index contributed by atoms with van der Waals surface area (Å²) in [6.07, 6.45) is 0.877. The van der Waals surface area contributed by atoms with Gasteiger partial charge < -0.3 is 4.52 Å². The Morgan fingerprint density at radius 1 is 1.10 bits per heavy atom. The van der Waals surface area contributed by atoms with Crippen LogP contribution in [0.4, 0.5) is 5.69 Å². The third-order valence-corrected chi connectivity index (χ3v) is 5.80. The third kappa shape index (κ3) is 3.42. The van der Waals surface area contributed by atoms with Crippen LogP contribution < -0.4 is 4.90 Å². The molecule has 2 atom stereocenters. The first-order valence-corrected chi connectivity index (χ1v) is 10.6. The first kappa shape index (κ1) is 19.6. The standard InChI is InChI=1S/C21H17BrN6O3/c1-2-12-6-8-15(9-7-12)28-20(29)17-18(21(28)30)27(26-24-17)11-16-23-19(25-31-16)13-4-3-5-14(22)10-13/h3-10,17-18H,2,11H2,1H3/t17-,18+/m1/s1. The molecular weight excluding hydrogens is 464 g/mol. The number of amides is 2.